The molecular formula is C11H14ClNO3. The Morgan fingerprint density at radius 3 is 2.75 bits per heavy atom. The second kappa shape index (κ2) is 5.18. The highest BCUT2D eigenvalue weighted by Crippen LogP contribution is 2.28. The van der Waals surface area contributed by atoms with Gasteiger partial charge in [0.15, 0.2) is 0 Å². The summed E-state index contributed by atoms with van der Waals surface area (Å²) in [5, 5.41) is 9.72. The third-order valence-electron chi connectivity index (χ3n) is 2.27. The molecule has 0 aliphatic rings. The normalized spacial score (nSPS) is 12.2. The molecule has 0 bridgehead atoms. The number of hydrogen-bond donors (Lipinski definition) is 2. The van der Waals surface area contributed by atoms with Crippen LogP contribution in [-0.4, -0.2) is 24.2 Å². The van der Waals surface area contributed by atoms with Crippen molar-refractivity contribution in [3.8, 4) is 5.75 Å². The highest BCUT2D eigenvalue weighted by atomic mass is 35.5. The van der Waals surface area contributed by atoms with Crippen molar-refractivity contribution in [1.82, 2.24) is 0 Å². The van der Waals surface area contributed by atoms with Crippen molar-refractivity contribution in [2.24, 2.45) is 5.73 Å². The molecule has 5 heteroatoms. The number of benzene rings is 1. The second-order valence-corrected chi connectivity index (χ2v) is 3.98. The van der Waals surface area contributed by atoms with E-state index in [1.807, 2.05) is 0 Å². The lowest BCUT2D eigenvalue weighted by Gasteiger charge is -2.11. The summed E-state index contributed by atoms with van der Waals surface area (Å²) in [4.78, 5) is 11.1. The maximum absolute atomic E-state index is 11.1. The van der Waals surface area contributed by atoms with Crippen LogP contribution in [0.2, 0.25) is 5.02 Å². The van der Waals surface area contributed by atoms with Crippen LogP contribution in [-0.2, 0) is 16.0 Å². The monoisotopic (exact) mass is 243 g/mol. The van der Waals surface area contributed by atoms with Gasteiger partial charge in [-0.05, 0) is 30.5 Å². The van der Waals surface area contributed by atoms with E-state index in [1.165, 1.54) is 7.11 Å². The Balaban J connectivity index is 2.86. The number of carbonyl (C=O) groups is 1. The summed E-state index contributed by atoms with van der Waals surface area (Å²) in [6, 6.07) is 2.61. The molecular weight excluding hydrogens is 230 g/mol. The van der Waals surface area contributed by atoms with Crippen LogP contribution in [0.4, 0.5) is 0 Å². The second-order valence-electron chi connectivity index (χ2n) is 3.58. The molecule has 0 saturated carbocycles. The first-order chi connectivity index (χ1) is 7.45. The molecule has 0 heterocycles. The Hall–Kier alpha value is -1.26. The Morgan fingerprint density at radius 1 is 1.62 bits per heavy atom. The molecule has 1 rings (SSSR count). The molecule has 16 heavy (non-hydrogen) atoms. The van der Waals surface area contributed by atoms with Crippen LogP contribution in [0.25, 0.3) is 0 Å². The quantitative estimate of drug-likeness (QED) is 0.787. The van der Waals surface area contributed by atoms with Gasteiger partial charge in [0.2, 0.25) is 0 Å². The first kappa shape index (κ1) is 12.8. The summed E-state index contributed by atoms with van der Waals surface area (Å²) in [5.41, 5.74) is 7.06. The number of rotatable bonds is 3. The number of hydrogen-bond acceptors (Lipinski definition) is 4. The van der Waals surface area contributed by atoms with Gasteiger partial charge in [0, 0.05) is 0 Å². The Labute approximate surface area is 99.0 Å². The summed E-state index contributed by atoms with van der Waals surface area (Å²) in [7, 11) is 1.29. The molecule has 0 unspecified atom stereocenters. The Morgan fingerprint density at radius 2 is 2.25 bits per heavy atom. The van der Waals surface area contributed by atoms with E-state index in [4.69, 9.17) is 17.3 Å². The van der Waals surface area contributed by atoms with Crippen LogP contribution in [0.3, 0.4) is 0 Å². The summed E-state index contributed by atoms with van der Waals surface area (Å²) in [6.07, 6.45) is 0.327. The zero-order valence-electron chi connectivity index (χ0n) is 9.16. The van der Waals surface area contributed by atoms with Gasteiger partial charge in [-0.2, -0.15) is 0 Å². The molecule has 0 aliphatic heterocycles. The number of nitrogens with two attached hydrogens (primary N) is 1. The van der Waals surface area contributed by atoms with Crippen molar-refractivity contribution in [2.75, 3.05) is 7.11 Å². The number of methoxy groups -OCH3 is 1. The molecule has 88 valence electrons. The van der Waals surface area contributed by atoms with E-state index in [2.05, 4.69) is 4.74 Å². The SMILES string of the molecule is COC(=O)[C@@H](N)Cc1cc(C)c(O)c(Cl)c1. The number of esters is 1. The average Bonchev–Trinajstić information content (AvgIpc) is 2.24. The van der Waals surface area contributed by atoms with Gasteiger partial charge >= 0.3 is 5.97 Å². The number of phenols is 1. The topological polar surface area (TPSA) is 72.5 Å². The molecule has 1 aromatic rings. The molecule has 4 nitrogen and oxygen atoms in total. The summed E-state index contributed by atoms with van der Waals surface area (Å²) in [6.45, 7) is 1.73. The predicted molar refractivity (Wildman–Crippen MR) is 61.5 cm³/mol. The number of halogens is 1. The largest absolute Gasteiger partial charge is 0.506 e. The van der Waals surface area contributed by atoms with Crippen LogP contribution < -0.4 is 5.73 Å². The molecule has 1 atom stereocenters. The lowest BCUT2D eigenvalue weighted by molar-refractivity contribution is -0.142. The molecule has 0 aromatic heterocycles. The Bertz CT molecular complexity index is 383. The predicted octanol–water partition coefficient (Wildman–Crippen LogP) is 1.40. The van der Waals surface area contributed by atoms with E-state index in [0.29, 0.717) is 12.0 Å². The lowest BCUT2D eigenvalue weighted by Crippen LogP contribution is -2.33. The molecule has 1 aromatic carbocycles. The molecule has 0 radical (unpaired) electrons. The van der Waals surface area contributed by atoms with Crippen molar-refractivity contribution in [1.29, 1.82) is 0 Å². The van der Waals surface area contributed by atoms with Crippen LogP contribution >= 0.6 is 11.6 Å². The maximum Gasteiger partial charge on any atom is 0.322 e. The average molecular weight is 244 g/mol. The number of ether oxygens (including phenoxy) is 1. The Kier molecular flexibility index (Phi) is 4.15. The molecule has 0 fully saturated rings. The lowest BCUT2D eigenvalue weighted by atomic mass is 10.0. The van der Waals surface area contributed by atoms with Crippen molar-refractivity contribution in [3.63, 3.8) is 0 Å². The number of aryl methyl sites for hydroxylation is 1. The van der Waals surface area contributed by atoms with E-state index < -0.39 is 12.0 Å². The van der Waals surface area contributed by atoms with Crippen molar-refractivity contribution >= 4 is 17.6 Å². The maximum atomic E-state index is 11.1. The third-order valence-corrected chi connectivity index (χ3v) is 2.56. The van der Waals surface area contributed by atoms with E-state index in [0.717, 1.165) is 5.56 Å². The van der Waals surface area contributed by atoms with Gasteiger partial charge in [0.1, 0.15) is 11.8 Å². The minimum absolute atomic E-state index is 0.0528. The fraction of sp³-hybridized carbons (Fsp3) is 0.364. The first-order valence-electron chi connectivity index (χ1n) is 4.77. The van der Waals surface area contributed by atoms with Crippen LogP contribution in [0.5, 0.6) is 5.75 Å². The van der Waals surface area contributed by atoms with Gasteiger partial charge < -0.3 is 15.6 Å². The van der Waals surface area contributed by atoms with Gasteiger partial charge in [-0.3, -0.25) is 4.79 Å². The fourth-order valence-electron chi connectivity index (χ4n) is 1.41. The van der Waals surface area contributed by atoms with Crippen molar-refractivity contribution in [3.05, 3.63) is 28.3 Å². The molecule has 3 N–H and O–H groups in total. The number of aromatic hydroxyl groups is 1. The van der Waals surface area contributed by atoms with E-state index in [-0.39, 0.29) is 10.8 Å². The van der Waals surface area contributed by atoms with Crippen LogP contribution in [0.1, 0.15) is 11.1 Å². The first-order valence-corrected chi connectivity index (χ1v) is 5.15. The summed E-state index contributed by atoms with van der Waals surface area (Å²) in [5.74, 6) is -0.418. The van der Waals surface area contributed by atoms with Crippen molar-refractivity contribution in [2.45, 2.75) is 19.4 Å². The van der Waals surface area contributed by atoms with Crippen LogP contribution in [0.15, 0.2) is 12.1 Å². The summed E-state index contributed by atoms with van der Waals surface area (Å²) < 4.78 is 4.52. The van der Waals surface area contributed by atoms with Crippen LogP contribution in [0, 0.1) is 6.92 Å². The molecule has 0 spiro atoms. The van der Waals surface area contributed by atoms with Gasteiger partial charge in [-0.1, -0.05) is 17.7 Å². The van der Waals surface area contributed by atoms with Gasteiger partial charge in [-0.15, -0.1) is 0 Å². The molecule has 0 aliphatic carbocycles. The minimum Gasteiger partial charge on any atom is -0.506 e. The standard InChI is InChI=1S/C11H14ClNO3/c1-6-3-7(4-8(12)10(6)14)5-9(13)11(15)16-2/h3-4,9,14H,5,13H2,1-2H3/t9-/m0/s1. The highest BCUT2D eigenvalue weighted by molar-refractivity contribution is 6.32. The van der Waals surface area contributed by atoms with Gasteiger partial charge in [0.05, 0.1) is 12.1 Å². The number of carbonyl (C=O) groups excluding carboxylic acids is 1. The molecule has 0 saturated heterocycles. The summed E-state index contributed by atoms with van der Waals surface area (Å²) >= 11 is 5.81. The highest BCUT2D eigenvalue weighted by Gasteiger charge is 2.15. The van der Waals surface area contributed by atoms with E-state index >= 15 is 0 Å². The smallest absolute Gasteiger partial charge is 0.322 e. The minimum atomic E-state index is -0.718. The molecule has 0 amide bonds. The van der Waals surface area contributed by atoms with Crippen molar-refractivity contribution < 1.29 is 14.6 Å². The number of phenolic OH excluding ortho intramolecular Hbond substituents is 1. The van der Waals surface area contributed by atoms with E-state index in [1.54, 1.807) is 19.1 Å². The van der Waals surface area contributed by atoms with Gasteiger partial charge in [0.25, 0.3) is 0 Å². The van der Waals surface area contributed by atoms with Gasteiger partial charge in [-0.25, -0.2) is 0 Å². The zero-order valence-corrected chi connectivity index (χ0v) is 9.91. The zero-order chi connectivity index (χ0) is 12.3. The van der Waals surface area contributed by atoms with E-state index in [9.17, 15) is 9.90 Å². The fourth-order valence-corrected chi connectivity index (χ4v) is 1.70. The third kappa shape index (κ3) is 2.87.